The molecule has 0 atom stereocenters. The minimum atomic E-state index is -0.951. The Labute approximate surface area is 145 Å². The van der Waals surface area contributed by atoms with Crippen LogP contribution in [-0.4, -0.2) is 15.2 Å². The van der Waals surface area contributed by atoms with E-state index in [1.165, 1.54) is 12.3 Å². The van der Waals surface area contributed by atoms with Crippen LogP contribution in [0.1, 0.15) is 5.56 Å². The molecule has 1 heterocycles. The molecule has 2 N–H and O–H groups in total. The van der Waals surface area contributed by atoms with Gasteiger partial charge in [-0.15, -0.1) is 5.10 Å². The highest BCUT2D eigenvalue weighted by atomic mass is 79.9. The maximum atomic E-state index is 13.2. The lowest BCUT2D eigenvalue weighted by atomic mass is 10.2. The van der Waals surface area contributed by atoms with Crippen LogP contribution < -0.4 is 10.6 Å². The molecule has 0 aliphatic carbocycles. The molecule has 8 heteroatoms. The van der Waals surface area contributed by atoms with Gasteiger partial charge in [0.25, 0.3) is 0 Å². The molecule has 0 saturated carbocycles. The first-order valence-electron chi connectivity index (χ1n) is 6.96. The van der Waals surface area contributed by atoms with Crippen LogP contribution in [0.2, 0.25) is 0 Å². The summed E-state index contributed by atoms with van der Waals surface area (Å²) in [5, 5.41) is 13.6. The monoisotopic (exact) mass is 391 g/mol. The molecule has 5 nitrogen and oxygen atoms in total. The lowest BCUT2D eigenvalue weighted by Crippen LogP contribution is -2.03. The Balaban J connectivity index is 1.78. The summed E-state index contributed by atoms with van der Waals surface area (Å²) in [6.07, 6.45) is 1.47. The normalized spacial score (nSPS) is 10.5. The van der Waals surface area contributed by atoms with Crippen LogP contribution in [0, 0.1) is 18.6 Å². The van der Waals surface area contributed by atoms with Crippen molar-refractivity contribution in [3.05, 3.63) is 64.3 Å². The van der Waals surface area contributed by atoms with E-state index in [9.17, 15) is 8.78 Å². The summed E-state index contributed by atoms with van der Waals surface area (Å²) >= 11 is 3.44. The standard InChI is InChI=1S/C16H12BrF2N5/c1-9-6-10(2-4-12(9)17)21-15-8-20-24-16(23-15)22-11-3-5-13(18)14(19)7-11/h2-8H,1H3,(H2,21,22,23,24). The Morgan fingerprint density at radius 1 is 0.958 bits per heavy atom. The Hall–Kier alpha value is -2.61. The molecule has 3 aromatic rings. The molecule has 0 bridgehead atoms. The number of aryl methyl sites for hydroxylation is 1. The van der Waals surface area contributed by atoms with Crippen LogP contribution in [0.15, 0.2) is 47.1 Å². The number of nitrogens with zero attached hydrogens (tertiary/aromatic N) is 3. The van der Waals surface area contributed by atoms with Crippen molar-refractivity contribution in [3.8, 4) is 0 Å². The Morgan fingerprint density at radius 3 is 2.46 bits per heavy atom. The second kappa shape index (κ2) is 6.88. The average Bonchev–Trinajstić information content (AvgIpc) is 2.55. The van der Waals surface area contributed by atoms with Crippen LogP contribution in [-0.2, 0) is 0 Å². The zero-order chi connectivity index (χ0) is 17.1. The summed E-state index contributed by atoms with van der Waals surface area (Å²) in [5.74, 6) is -1.23. The van der Waals surface area contributed by atoms with Gasteiger partial charge < -0.3 is 10.6 Å². The van der Waals surface area contributed by atoms with Crippen molar-refractivity contribution in [1.82, 2.24) is 15.2 Å². The third kappa shape index (κ3) is 3.83. The van der Waals surface area contributed by atoms with Gasteiger partial charge in [-0.1, -0.05) is 15.9 Å². The minimum absolute atomic E-state index is 0.167. The van der Waals surface area contributed by atoms with E-state index in [1.54, 1.807) is 0 Å². The summed E-state index contributed by atoms with van der Waals surface area (Å²) in [7, 11) is 0. The molecule has 0 spiro atoms. The molecule has 0 amide bonds. The Bertz CT molecular complexity index is 819. The molecule has 1 aromatic heterocycles. The SMILES string of the molecule is Cc1cc(Nc2cnnc(Nc3ccc(F)c(F)c3)n2)ccc1Br. The lowest BCUT2D eigenvalue weighted by Gasteiger charge is -2.09. The number of hydrogen-bond acceptors (Lipinski definition) is 5. The van der Waals surface area contributed by atoms with Crippen molar-refractivity contribution in [2.75, 3.05) is 10.6 Å². The first-order valence-corrected chi connectivity index (χ1v) is 7.75. The minimum Gasteiger partial charge on any atom is -0.339 e. The van der Waals surface area contributed by atoms with E-state index in [-0.39, 0.29) is 5.95 Å². The fourth-order valence-corrected chi connectivity index (χ4v) is 2.24. The van der Waals surface area contributed by atoms with Gasteiger partial charge >= 0.3 is 0 Å². The number of nitrogens with one attached hydrogen (secondary N) is 2. The highest BCUT2D eigenvalue weighted by molar-refractivity contribution is 9.10. The first kappa shape index (κ1) is 16.3. The number of halogens is 3. The highest BCUT2D eigenvalue weighted by Crippen LogP contribution is 2.23. The fraction of sp³-hybridized carbons (Fsp3) is 0.0625. The average molecular weight is 392 g/mol. The van der Waals surface area contributed by atoms with Crippen molar-refractivity contribution in [3.63, 3.8) is 0 Å². The summed E-state index contributed by atoms with van der Waals surface area (Å²) in [6, 6.07) is 9.21. The third-order valence-electron chi connectivity index (χ3n) is 3.16. The summed E-state index contributed by atoms with van der Waals surface area (Å²) in [6.45, 7) is 1.98. The highest BCUT2D eigenvalue weighted by Gasteiger charge is 2.06. The molecule has 0 unspecified atom stereocenters. The largest absolute Gasteiger partial charge is 0.339 e. The molecule has 0 aliphatic rings. The molecule has 0 fully saturated rings. The maximum Gasteiger partial charge on any atom is 0.249 e. The van der Waals surface area contributed by atoms with Gasteiger partial charge in [0.05, 0.1) is 6.20 Å². The number of aromatic nitrogens is 3. The molecule has 0 radical (unpaired) electrons. The molecule has 122 valence electrons. The van der Waals surface area contributed by atoms with Gasteiger partial charge in [-0.05, 0) is 42.8 Å². The van der Waals surface area contributed by atoms with Gasteiger partial charge in [-0.25, -0.2) is 8.78 Å². The molecular formula is C16H12BrF2N5. The van der Waals surface area contributed by atoms with Crippen molar-refractivity contribution in [2.24, 2.45) is 0 Å². The van der Waals surface area contributed by atoms with Crippen LogP contribution >= 0.6 is 15.9 Å². The third-order valence-corrected chi connectivity index (χ3v) is 4.05. The van der Waals surface area contributed by atoms with Gasteiger partial charge in [-0.2, -0.15) is 10.1 Å². The van der Waals surface area contributed by atoms with Gasteiger partial charge in [0.15, 0.2) is 17.5 Å². The molecule has 24 heavy (non-hydrogen) atoms. The molecule has 0 saturated heterocycles. The second-order valence-corrected chi connectivity index (χ2v) is 5.86. The van der Waals surface area contributed by atoms with E-state index in [0.717, 1.165) is 27.9 Å². The van der Waals surface area contributed by atoms with Crippen molar-refractivity contribution in [2.45, 2.75) is 6.92 Å². The lowest BCUT2D eigenvalue weighted by molar-refractivity contribution is 0.509. The fourth-order valence-electron chi connectivity index (χ4n) is 1.99. The van der Waals surface area contributed by atoms with E-state index < -0.39 is 11.6 Å². The van der Waals surface area contributed by atoms with Crippen molar-refractivity contribution in [1.29, 1.82) is 0 Å². The number of benzene rings is 2. The molecular weight excluding hydrogens is 380 g/mol. The zero-order valence-electron chi connectivity index (χ0n) is 12.5. The molecule has 3 rings (SSSR count). The van der Waals surface area contributed by atoms with Crippen LogP contribution in [0.4, 0.5) is 31.9 Å². The van der Waals surface area contributed by atoms with Crippen molar-refractivity contribution < 1.29 is 8.78 Å². The topological polar surface area (TPSA) is 62.7 Å². The number of anilines is 4. The summed E-state index contributed by atoms with van der Waals surface area (Å²) < 4.78 is 27.2. The van der Waals surface area contributed by atoms with Gasteiger partial charge in [0.1, 0.15) is 0 Å². The number of rotatable bonds is 4. The van der Waals surface area contributed by atoms with Crippen LogP contribution in [0.3, 0.4) is 0 Å². The zero-order valence-corrected chi connectivity index (χ0v) is 14.1. The Morgan fingerprint density at radius 2 is 1.71 bits per heavy atom. The van der Waals surface area contributed by atoms with Crippen LogP contribution in [0.5, 0.6) is 0 Å². The van der Waals surface area contributed by atoms with E-state index in [0.29, 0.717) is 11.5 Å². The predicted octanol–water partition coefficient (Wildman–Crippen LogP) is 4.71. The number of hydrogen-bond donors (Lipinski definition) is 2. The van der Waals surface area contributed by atoms with E-state index in [1.807, 2.05) is 25.1 Å². The molecule has 0 aliphatic heterocycles. The van der Waals surface area contributed by atoms with E-state index >= 15 is 0 Å². The van der Waals surface area contributed by atoms with E-state index in [2.05, 4.69) is 41.7 Å². The summed E-state index contributed by atoms with van der Waals surface area (Å²) in [4.78, 5) is 4.24. The maximum absolute atomic E-state index is 13.2. The smallest absolute Gasteiger partial charge is 0.249 e. The van der Waals surface area contributed by atoms with Crippen LogP contribution in [0.25, 0.3) is 0 Å². The van der Waals surface area contributed by atoms with Gasteiger partial charge in [0.2, 0.25) is 5.95 Å². The van der Waals surface area contributed by atoms with E-state index in [4.69, 9.17) is 0 Å². The first-order chi connectivity index (χ1) is 11.5. The second-order valence-electron chi connectivity index (χ2n) is 5.01. The summed E-state index contributed by atoms with van der Waals surface area (Å²) in [5.41, 5.74) is 2.24. The van der Waals surface area contributed by atoms with Crippen molar-refractivity contribution >= 4 is 39.1 Å². The predicted molar refractivity (Wildman–Crippen MR) is 91.6 cm³/mol. The molecule has 2 aromatic carbocycles. The quantitative estimate of drug-likeness (QED) is 0.674. The van der Waals surface area contributed by atoms with Gasteiger partial charge in [0, 0.05) is 21.9 Å². The Kier molecular flexibility index (Phi) is 4.66. The van der Waals surface area contributed by atoms with Gasteiger partial charge in [-0.3, -0.25) is 0 Å².